The van der Waals surface area contributed by atoms with Gasteiger partial charge in [0.25, 0.3) is 0 Å². The SMILES string of the molecule is CN=C(NCc1ccccc1CN1CCOCC1)NCc1ccc(C)cc1OC(C)C.I. The summed E-state index contributed by atoms with van der Waals surface area (Å²) in [6.07, 6.45) is 0.140. The minimum Gasteiger partial charge on any atom is -0.491 e. The van der Waals surface area contributed by atoms with Crippen molar-refractivity contribution in [1.29, 1.82) is 0 Å². The lowest BCUT2D eigenvalue weighted by Gasteiger charge is -2.27. The monoisotopic (exact) mass is 552 g/mol. The first kappa shape index (κ1) is 26.4. The second-order valence-corrected chi connectivity index (χ2v) is 8.21. The fourth-order valence-electron chi connectivity index (χ4n) is 3.63. The summed E-state index contributed by atoms with van der Waals surface area (Å²) in [4.78, 5) is 6.85. The standard InChI is InChI=1S/C25H36N4O2.HI/c1-19(2)31-24-15-20(3)9-10-22(24)17-28-25(26-4)27-16-21-7-5-6-8-23(21)18-29-11-13-30-14-12-29;/h5-10,15,19H,11-14,16-18H2,1-4H3,(H2,26,27,28);1H. The summed E-state index contributed by atoms with van der Waals surface area (Å²) in [5.74, 6) is 1.70. The highest BCUT2D eigenvalue weighted by molar-refractivity contribution is 14.0. The van der Waals surface area contributed by atoms with Gasteiger partial charge in [-0.15, -0.1) is 24.0 Å². The Labute approximate surface area is 209 Å². The van der Waals surface area contributed by atoms with Gasteiger partial charge in [0.1, 0.15) is 5.75 Å². The Bertz CT molecular complexity index is 867. The number of hydrogen-bond donors (Lipinski definition) is 2. The molecule has 0 amide bonds. The van der Waals surface area contributed by atoms with Crippen molar-refractivity contribution in [2.75, 3.05) is 33.4 Å². The van der Waals surface area contributed by atoms with E-state index in [2.05, 4.69) is 69.9 Å². The largest absolute Gasteiger partial charge is 0.491 e. The molecule has 1 heterocycles. The average molecular weight is 553 g/mol. The second kappa shape index (κ2) is 13.6. The van der Waals surface area contributed by atoms with Gasteiger partial charge in [-0.25, -0.2) is 0 Å². The quantitative estimate of drug-likeness (QED) is 0.294. The Morgan fingerprint density at radius 1 is 1.03 bits per heavy atom. The fraction of sp³-hybridized carbons (Fsp3) is 0.480. The molecule has 176 valence electrons. The lowest BCUT2D eigenvalue weighted by molar-refractivity contribution is 0.0341. The van der Waals surface area contributed by atoms with Gasteiger partial charge in [-0.3, -0.25) is 9.89 Å². The number of aryl methyl sites for hydroxylation is 1. The van der Waals surface area contributed by atoms with Crippen LogP contribution in [-0.4, -0.2) is 50.3 Å². The number of nitrogens with zero attached hydrogens (tertiary/aromatic N) is 2. The van der Waals surface area contributed by atoms with Crippen molar-refractivity contribution in [1.82, 2.24) is 15.5 Å². The van der Waals surface area contributed by atoms with Gasteiger partial charge in [-0.05, 0) is 43.5 Å². The Balaban J connectivity index is 0.00000363. The van der Waals surface area contributed by atoms with Crippen LogP contribution in [0.2, 0.25) is 0 Å². The normalized spacial score (nSPS) is 14.7. The van der Waals surface area contributed by atoms with E-state index in [9.17, 15) is 0 Å². The zero-order valence-electron chi connectivity index (χ0n) is 19.7. The average Bonchev–Trinajstić information content (AvgIpc) is 2.76. The number of ether oxygens (including phenoxy) is 2. The van der Waals surface area contributed by atoms with Gasteiger partial charge in [0.15, 0.2) is 5.96 Å². The zero-order valence-corrected chi connectivity index (χ0v) is 22.0. The highest BCUT2D eigenvalue weighted by atomic mass is 127. The molecule has 1 fully saturated rings. The van der Waals surface area contributed by atoms with E-state index in [4.69, 9.17) is 9.47 Å². The van der Waals surface area contributed by atoms with Crippen LogP contribution in [0.5, 0.6) is 5.75 Å². The maximum atomic E-state index is 6.00. The molecule has 2 N–H and O–H groups in total. The van der Waals surface area contributed by atoms with Crippen molar-refractivity contribution >= 4 is 29.9 Å². The summed E-state index contributed by atoms with van der Waals surface area (Å²) < 4.78 is 11.5. The molecule has 0 radical (unpaired) electrons. The molecular weight excluding hydrogens is 515 g/mol. The zero-order chi connectivity index (χ0) is 22.1. The van der Waals surface area contributed by atoms with Crippen LogP contribution in [0.3, 0.4) is 0 Å². The maximum Gasteiger partial charge on any atom is 0.191 e. The van der Waals surface area contributed by atoms with Crippen molar-refractivity contribution < 1.29 is 9.47 Å². The molecule has 3 rings (SSSR count). The highest BCUT2D eigenvalue weighted by Crippen LogP contribution is 2.21. The summed E-state index contributed by atoms with van der Waals surface area (Å²) in [5, 5.41) is 6.88. The number of aliphatic imine (C=N–C) groups is 1. The predicted molar refractivity (Wildman–Crippen MR) is 142 cm³/mol. The van der Waals surface area contributed by atoms with Crippen LogP contribution in [0.15, 0.2) is 47.5 Å². The predicted octanol–water partition coefficient (Wildman–Crippen LogP) is 4.10. The molecular formula is C25H37IN4O2. The van der Waals surface area contributed by atoms with Crippen molar-refractivity contribution in [3.63, 3.8) is 0 Å². The van der Waals surface area contributed by atoms with Gasteiger partial charge >= 0.3 is 0 Å². The molecule has 0 unspecified atom stereocenters. The molecule has 0 aliphatic carbocycles. The number of guanidine groups is 1. The highest BCUT2D eigenvalue weighted by Gasteiger charge is 2.13. The summed E-state index contributed by atoms with van der Waals surface area (Å²) in [6, 6.07) is 14.9. The molecule has 0 aromatic heterocycles. The molecule has 2 aromatic rings. The molecule has 1 saturated heterocycles. The van der Waals surface area contributed by atoms with Crippen molar-refractivity contribution in [3.05, 3.63) is 64.7 Å². The second-order valence-electron chi connectivity index (χ2n) is 8.21. The van der Waals surface area contributed by atoms with Crippen molar-refractivity contribution in [2.24, 2.45) is 4.99 Å². The number of hydrogen-bond acceptors (Lipinski definition) is 4. The third-order valence-corrected chi connectivity index (χ3v) is 5.32. The molecule has 0 bridgehead atoms. The van der Waals surface area contributed by atoms with Gasteiger partial charge in [-0.2, -0.15) is 0 Å². The van der Waals surface area contributed by atoms with E-state index in [-0.39, 0.29) is 30.1 Å². The lowest BCUT2D eigenvalue weighted by atomic mass is 10.1. The molecule has 0 saturated carbocycles. The smallest absolute Gasteiger partial charge is 0.191 e. The minimum absolute atomic E-state index is 0. The van der Waals surface area contributed by atoms with E-state index in [1.807, 2.05) is 13.8 Å². The van der Waals surface area contributed by atoms with Gasteiger partial charge in [0.05, 0.1) is 19.3 Å². The first-order valence-corrected chi connectivity index (χ1v) is 11.1. The van der Waals surface area contributed by atoms with E-state index >= 15 is 0 Å². The van der Waals surface area contributed by atoms with Gasteiger partial charge in [0, 0.05) is 45.3 Å². The molecule has 6 nitrogen and oxygen atoms in total. The molecule has 7 heteroatoms. The number of nitrogens with one attached hydrogen (secondary N) is 2. The van der Waals surface area contributed by atoms with E-state index in [0.717, 1.165) is 56.7 Å². The number of morpholine rings is 1. The van der Waals surface area contributed by atoms with E-state index < -0.39 is 0 Å². The van der Waals surface area contributed by atoms with Crippen LogP contribution < -0.4 is 15.4 Å². The minimum atomic E-state index is 0. The Hall–Kier alpha value is -1.84. The first-order valence-electron chi connectivity index (χ1n) is 11.1. The number of halogens is 1. The molecule has 1 aliphatic heterocycles. The molecule has 0 spiro atoms. The van der Waals surface area contributed by atoms with E-state index in [1.54, 1.807) is 7.05 Å². The maximum absolute atomic E-state index is 6.00. The van der Waals surface area contributed by atoms with Gasteiger partial charge in [-0.1, -0.05) is 36.4 Å². The Morgan fingerprint density at radius 3 is 2.34 bits per heavy atom. The molecule has 0 atom stereocenters. The number of rotatable bonds is 8. The summed E-state index contributed by atoms with van der Waals surface area (Å²) in [6.45, 7) is 12.1. The first-order chi connectivity index (χ1) is 15.0. The summed E-state index contributed by atoms with van der Waals surface area (Å²) >= 11 is 0. The van der Waals surface area contributed by atoms with E-state index in [1.165, 1.54) is 16.7 Å². The molecule has 32 heavy (non-hydrogen) atoms. The molecule has 2 aromatic carbocycles. The molecule has 1 aliphatic rings. The lowest BCUT2D eigenvalue weighted by Crippen LogP contribution is -2.37. The third-order valence-electron chi connectivity index (χ3n) is 5.32. The van der Waals surface area contributed by atoms with Crippen molar-refractivity contribution in [2.45, 2.75) is 46.5 Å². The van der Waals surface area contributed by atoms with Crippen LogP contribution in [0, 0.1) is 6.92 Å². The Morgan fingerprint density at radius 2 is 1.69 bits per heavy atom. The summed E-state index contributed by atoms with van der Waals surface area (Å²) in [7, 11) is 1.80. The van der Waals surface area contributed by atoms with Gasteiger partial charge < -0.3 is 20.1 Å². The van der Waals surface area contributed by atoms with Crippen LogP contribution in [-0.2, 0) is 24.4 Å². The van der Waals surface area contributed by atoms with E-state index in [0.29, 0.717) is 6.54 Å². The van der Waals surface area contributed by atoms with Gasteiger partial charge in [0.2, 0.25) is 0 Å². The third kappa shape index (κ3) is 8.26. The van der Waals surface area contributed by atoms with Crippen LogP contribution in [0.4, 0.5) is 0 Å². The fourth-order valence-corrected chi connectivity index (χ4v) is 3.63. The number of benzene rings is 2. The van der Waals surface area contributed by atoms with Crippen LogP contribution in [0.25, 0.3) is 0 Å². The van der Waals surface area contributed by atoms with Crippen LogP contribution >= 0.6 is 24.0 Å². The summed E-state index contributed by atoms with van der Waals surface area (Å²) in [5.41, 5.74) is 4.95. The van der Waals surface area contributed by atoms with Crippen molar-refractivity contribution in [3.8, 4) is 5.75 Å². The topological polar surface area (TPSA) is 58.1 Å². The van der Waals surface area contributed by atoms with Crippen LogP contribution in [0.1, 0.15) is 36.1 Å². The Kier molecular flexibility index (Phi) is 11.3.